The molecule has 0 saturated heterocycles. The Labute approximate surface area is 84.1 Å². The Morgan fingerprint density at radius 2 is 2.29 bits per heavy atom. The van der Waals surface area contributed by atoms with E-state index in [0.717, 1.165) is 16.9 Å². The first-order valence-electron chi connectivity index (χ1n) is 4.51. The normalized spacial score (nSPS) is 11.9. The number of hydrogen-bond donors (Lipinski definition) is 1. The van der Waals surface area contributed by atoms with Crippen molar-refractivity contribution in [1.29, 1.82) is 5.26 Å². The van der Waals surface area contributed by atoms with Crippen molar-refractivity contribution in [3.63, 3.8) is 0 Å². The predicted molar refractivity (Wildman–Crippen MR) is 54.9 cm³/mol. The second-order valence-corrected chi connectivity index (χ2v) is 3.26. The molecule has 0 aromatic heterocycles. The molecule has 0 saturated carbocycles. The maximum Gasteiger partial charge on any atom is 0.174 e. The van der Waals surface area contributed by atoms with Crippen molar-refractivity contribution in [2.45, 2.75) is 19.9 Å². The fourth-order valence-electron chi connectivity index (χ4n) is 1.23. The third-order valence-electron chi connectivity index (χ3n) is 2.02. The molecule has 1 aromatic carbocycles. The lowest BCUT2D eigenvalue weighted by molar-refractivity contribution is 0.365. The molecule has 0 amide bonds. The van der Waals surface area contributed by atoms with Gasteiger partial charge < -0.3 is 10.5 Å². The van der Waals surface area contributed by atoms with Crippen LogP contribution in [-0.2, 0) is 0 Å². The van der Waals surface area contributed by atoms with Crippen LogP contribution in [-0.4, -0.2) is 6.61 Å². The molecule has 1 rings (SSSR count). The van der Waals surface area contributed by atoms with Crippen molar-refractivity contribution in [1.82, 2.24) is 0 Å². The molecule has 3 heteroatoms. The van der Waals surface area contributed by atoms with Crippen LogP contribution in [0.15, 0.2) is 18.2 Å². The Hall–Kier alpha value is -1.53. The Morgan fingerprint density at radius 1 is 1.57 bits per heavy atom. The number of benzene rings is 1. The Kier molecular flexibility index (Phi) is 3.49. The fraction of sp³-hybridized carbons (Fsp3) is 0.364. The molecule has 2 N–H and O–H groups in total. The summed E-state index contributed by atoms with van der Waals surface area (Å²) < 4.78 is 5.22. The van der Waals surface area contributed by atoms with Gasteiger partial charge in [0.15, 0.2) is 6.61 Å². The first kappa shape index (κ1) is 10.6. The van der Waals surface area contributed by atoms with Gasteiger partial charge in [0.2, 0.25) is 0 Å². The van der Waals surface area contributed by atoms with E-state index in [0.29, 0.717) is 0 Å². The summed E-state index contributed by atoms with van der Waals surface area (Å²) in [5.74, 6) is 0.746. The van der Waals surface area contributed by atoms with Crippen molar-refractivity contribution in [3.8, 4) is 11.8 Å². The van der Waals surface area contributed by atoms with E-state index < -0.39 is 0 Å². The van der Waals surface area contributed by atoms with Crippen LogP contribution in [0.3, 0.4) is 0 Å². The van der Waals surface area contributed by atoms with Crippen LogP contribution in [0.1, 0.15) is 24.1 Å². The van der Waals surface area contributed by atoms with Crippen molar-refractivity contribution >= 4 is 0 Å². The van der Waals surface area contributed by atoms with Gasteiger partial charge in [-0.05, 0) is 31.0 Å². The van der Waals surface area contributed by atoms with Gasteiger partial charge in [-0.2, -0.15) is 5.26 Å². The molecule has 0 unspecified atom stereocenters. The second kappa shape index (κ2) is 4.64. The summed E-state index contributed by atoms with van der Waals surface area (Å²) in [4.78, 5) is 0. The quantitative estimate of drug-likeness (QED) is 0.792. The molecule has 0 spiro atoms. The van der Waals surface area contributed by atoms with E-state index in [1.165, 1.54) is 0 Å². The van der Waals surface area contributed by atoms with Crippen LogP contribution >= 0.6 is 0 Å². The average Bonchev–Trinajstić information content (AvgIpc) is 2.15. The highest BCUT2D eigenvalue weighted by atomic mass is 16.5. The Morgan fingerprint density at radius 3 is 2.79 bits per heavy atom. The maximum absolute atomic E-state index is 8.37. The van der Waals surface area contributed by atoms with Gasteiger partial charge in [-0.3, -0.25) is 0 Å². The minimum Gasteiger partial charge on any atom is -0.478 e. The SMILES string of the molecule is Cc1cc([C@@H](C)N)ccc1OCC#N. The second-order valence-electron chi connectivity index (χ2n) is 3.26. The molecular formula is C11H14N2O. The number of nitrogens with two attached hydrogens (primary N) is 1. The zero-order valence-electron chi connectivity index (χ0n) is 8.45. The molecule has 0 aliphatic rings. The smallest absolute Gasteiger partial charge is 0.174 e. The summed E-state index contributed by atoms with van der Waals surface area (Å²) in [6.45, 7) is 3.96. The van der Waals surface area contributed by atoms with E-state index in [-0.39, 0.29) is 12.6 Å². The molecule has 14 heavy (non-hydrogen) atoms. The van der Waals surface area contributed by atoms with Crippen LogP contribution in [0.4, 0.5) is 0 Å². The van der Waals surface area contributed by atoms with E-state index in [2.05, 4.69) is 0 Å². The first-order valence-corrected chi connectivity index (χ1v) is 4.51. The number of hydrogen-bond acceptors (Lipinski definition) is 3. The summed E-state index contributed by atoms with van der Waals surface area (Å²) in [7, 11) is 0. The number of nitrogens with zero attached hydrogens (tertiary/aromatic N) is 1. The first-order chi connectivity index (χ1) is 6.65. The van der Waals surface area contributed by atoms with Gasteiger partial charge in [0.05, 0.1) is 0 Å². The van der Waals surface area contributed by atoms with E-state index in [1.54, 1.807) is 0 Å². The predicted octanol–water partition coefficient (Wildman–Crippen LogP) is 1.92. The summed E-state index contributed by atoms with van der Waals surface area (Å²) in [5, 5.41) is 8.37. The lowest BCUT2D eigenvalue weighted by Crippen LogP contribution is -2.05. The molecule has 0 aliphatic heterocycles. The van der Waals surface area contributed by atoms with Gasteiger partial charge in [0, 0.05) is 6.04 Å². The molecule has 0 fully saturated rings. The molecule has 0 heterocycles. The summed E-state index contributed by atoms with van der Waals surface area (Å²) in [6, 6.07) is 7.72. The van der Waals surface area contributed by atoms with Crippen molar-refractivity contribution in [2.24, 2.45) is 5.73 Å². The third kappa shape index (κ3) is 2.48. The highest BCUT2D eigenvalue weighted by molar-refractivity contribution is 5.37. The van der Waals surface area contributed by atoms with Crippen LogP contribution < -0.4 is 10.5 Å². The van der Waals surface area contributed by atoms with Gasteiger partial charge in [-0.25, -0.2) is 0 Å². The molecule has 0 radical (unpaired) electrons. The van der Waals surface area contributed by atoms with Crippen LogP contribution in [0.5, 0.6) is 5.75 Å². The molecule has 74 valence electrons. The molecule has 3 nitrogen and oxygen atoms in total. The van der Waals surface area contributed by atoms with Crippen molar-refractivity contribution in [2.75, 3.05) is 6.61 Å². The zero-order valence-corrected chi connectivity index (χ0v) is 8.45. The summed E-state index contributed by atoms with van der Waals surface area (Å²) in [6.07, 6.45) is 0. The van der Waals surface area contributed by atoms with Gasteiger partial charge in [0.25, 0.3) is 0 Å². The number of aryl methyl sites for hydroxylation is 1. The topological polar surface area (TPSA) is 59.0 Å². The maximum atomic E-state index is 8.37. The van der Waals surface area contributed by atoms with Gasteiger partial charge in [0.1, 0.15) is 11.8 Å². The lowest BCUT2D eigenvalue weighted by Gasteiger charge is -2.10. The molecule has 0 aliphatic carbocycles. The lowest BCUT2D eigenvalue weighted by atomic mass is 10.1. The number of ether oxygens (including phenoxy) is 1. The van der Waals surface area contributed by atoms with E-state index in [1.807, 2.05) is 38.1 Å². The zero-order chi connectivity index (χ0) is 10.6. The molecule has 0 bridgehead atoms. The fourth-order valence-corrected chi connectivity index (χ4v) is 1.23. The van der Waals surface area contributed by atoms with E-state index >= 15 is 0 Å². The van der Waals surface area contributed by atoms with Crippen molar-refractivity contribution in [3.05, 3.63) is 29.3 Å². The van der Waals surface area contributed by atoms with Crippen LogP contribution in [0.25, 0.3) is 0 Å². The summed E-state index contributed by atoms with van der Waals surface area (Å²) >= 11 is 0. The van der Waals surface area contributed by atoms with Crippen LogP contribution in [0, 0.1) is 18.3 Å². The molecular weight excluding hydrogens is 176 g/mol. The van der Waals surface area contributed by atoms with E-state index in [9.17, 15) is 0 Å². The van der Waals surface area contributed by atoms with Crippen molar-refractivity contribution < 1.29 is 4.74 Å². The van der Waals surface area contributed by atoms with Gasteiger partial charge in [-0.15, -0.1) is 0 Å². The minimum absolute atomic E-state index is 0.0266. The molecule has 1 aromatic rings. The number of nitriles is 1. The standard InChI is InChI=1S/C11H14N2O/c1-8-7-10(9(2)13)3-4-11(8)14-6-5-12/h3-4,7,9H,6,13H2,1-2H3/t9-/m1/s1. The van der Waals surface area contributed by atoms with Gasteiger partial charge in [-0.1, -0.05) is 12.1 Å². The Bertz CT molecular complexity index is 353. The van der Waals surface area contributed by atoms with Gasteiger partial charge >= 0.3 is 0 Å². The van der Waals surface area contributed by atoms with E-state index in [4.69, 9.17) is 15.7 Å². The number of rotatable bonds is 3. The largest absolute Gasteiger partial charge is 0.478 e. The highest BCUT2D eigenvalue weighted by Crippen LogP contribution is 2.21. The Balaban J connectivity index is 2.85. The monoisotopic (exact) mass is 190 g/mol. The summed E-state index contributed by atoms with van der Waals surface area (Å²) in [5.41, 5.74) is 7.82. The molecule has 1 atom stereocenters. The highest BCUT2D eigenvalue weighted by Gasteiger charge is 2.03. The third-order valence-corrected chi connectivity index (χ3v) is 2.02. The minimum atomic E-state index is 0.0266. The average molecular weight is 190 g/mol. The van der Waals surface area contributed by atoms with Crippen LogP contribution in [0.2, 0.25) is 0 Å².